The first-order valence-corrected chi connectivity index (χ1v) is 9.51. The van der Waals surface area contributed by atoms with Crippen LogP contribution in [0.25, 0.3) is 0 Å². The topological polar surface area (TPSA) is 117 Å². The lowest BCUT2D eigenvalue weighted by Crippen LogP contribution is -2.61. The summed E-state index contributed by atoms with van der Waals surface area (Å²) in [5, 5.41) is 6.68. The lowest BCUT2D eigenvalue weighted by Gasteiger charge is -2.34. The van der Waals surface area contributed by atoms with Crippen molar-refractivity contribution in [1.82, 2.24) is 21.1 Å². The smallest absolute Gasteiger partial charge is 0.324 e. The number of methoxy groups -OCH3 is 1. The van der Waals surface area contributed by atoms with Crippen molar-refractivity contribution in [2.75, 3.05) is 13.7 Å². The monoisotopic (exact) mass is 396 g/mol. The van der Waals surface area contributed by atoms with E-state index >= 15 is 0 Å². The van der Waals surface area contributed by atoms with Crippen molar-refractivity contribution in [2.24, 2.45) is 11.8 Å². The molecule has 158 valence electrons. The molecular weight excluding hydrogens is 364 g/mol. The van der Waals surface area contributed by atoms with Crippen LogP contribution in [-0.2, 0) is 23.9 Å². The average molecular weight is 396 g/mol. The summed E-state index contributed by atoms with van der Waals surface area (Å²) in [6.45, 7) is 10.9. The molecule has 0 aromatic carbocycles. The number of carbonyl (C=O) groups excluding carboxylic acids is 4. The number of nitrogens with zero attached hydrogens (tertiary/aromatic N) is 1. The molecule has 0 aromatic heterocycles. The van der Waals surface area contributed by atoms with Gasteiger partial charge in [0.15, 0.2) is 0 Å². The van der Waals surface area contributed by atoms with Gasteiger partial charge >= 0.3 is 5.97 Å². The summed E-state index contributed by atoms with van der Waals surface area (Å²) in [6.07, 6.45) is 2.71. The Morgan fingerprint density at radius 3 is 2.32 bits per heavy atom. The Kier molecular flexibility index (Phi) is 9.11. The van der Waals surface area contributed by atoms with Gasteiger partial charge in [0, 0.05) is 6.54 Å². The number of hydrogen-bond donors (Lipinski definition) is 3. The zero-order valence-corrected chi connectivity index (χ0v) is 17.3. The zero-order valence-electron chi connectivity index (χ0n) is 17.3. The Morgan fingerprint density at radius 1 is 1.14 bits per heavy atom. The summed E-state index contributed by atoms with van der Waals surface area (Å²) in [7, 11) is 1.29. The fourth-order valence-corrected chi connectivity index (χ4v) is 2.78. The first-order chi connectivity index (χ1) is 13.1. The molecular formula is C19H32N4O5. The lowest BCUT2D eigenvalue weighted by atomic mass is 10.0. The van der Waals surface area contributed by atoms with Gasteiger partial charge in [0.25, 0.3) is 5.91 Å². The minimum absolute atomic E-state index is 0.167. The van der Waals surface area contributed by atoms with Crippen LogP contribution >= 0.6 is 0 Å². The highest BCUT2D eigenvalue weighted by Crippen LogP contribution is 2.10. The molecule has 28 heavy (non-hydrogen) atoms. The molecule has 4 atom stereocenters. The van der Waals surface area contributed by atoms with E-state index in [-0.39, 0.29) is 17.7 Å². The lowest BCUT2D eigenvalue weighted by molar-refractivity contribution is -0.150. The maximum Gasteiger partial charge on any atom is 0.324 e. The zero-order chi connectivity index (χ0) is 21.4. The molecule has 1 aliphatic heterocycles. The standard InChI is InChI=1S/C19H32N4O5/c1-7-12(4)16(24)21-15(11(2)3)17(25)20-13(5)18(26)23-10-8-9-14(22-23)19(27)28-6/h7,11-15,22H,1,8-10H2,2-6H3,(H,20,25)(H,21,24)/t12?,13-,14-,15-/m0/s1. The molecule has 0 saturated carbocycles. The van der Waals surface area contributed by atoms with Gasteiger partial charge in [0.1, 0.15) is 18.1 Å². The summed E-state index contributed by atoms with van der Waals surface area (Å²) >= 11 is 0. The van der Waals surface area contributed by atoms with Gasteiger partial charge in [-0.2, -0.15) is 0 Å². The Bertz CT molecular complexity index is 607. The third kappa shape index (κ3) is 6.33. The van der Waals surface area contributed by atoms with Crippen molar-refractivity contribution in [1.29, 1.82) is 0 Å². The predicted octanol–water partition coefficient (Wildman–Crippen LogP) is 0.123. The number of amides is 3. The van der Waals surface area contributed by atoms with Crippen molar-refractivity contribution >= 4 is 23.7 Å². The minimum Gasteiger partial charge on any atom is -0.468 e. The second-order valence-corrected chi connectivity index (χ2v) is 7.32. The molecule has 1 fully saturated rings. The normalized spacial score (nSPS) is 19.9. The summed E-state index contributed by atoms with van der Waals surface area (Å²) in [5.74, 6) is -2.15. The predicted molar refractivity (Wildman–Crippen MR) is 104 cm³/mol. The van der Waals surface area contributed by atoms with E-state index in [4.69, 9.17) is 4.74 Å². The van der Waals surface area contributed by atoms with Gasteiger partial charge in [-0.25, -0.2) is 5.43 Å². The Labute approximate surface area is 166 Å². The van der Waals surface area contributed by atoms with Gasteiger partial charge in [0.2, 0.25) is 11.8 Å². The van der Waals surface area contributed by atoms with Crippen molar-refractivity contribution in [3.63, 3.8) is 0 Å². The van der Waals surface area contributed by atoms with E-state index < -0.39 is 35.9 Å². The van der Waals surface area contributed by atoms with Crippen molar-refractivity contribution < 1.29 is 23.9 Å². The van der Waals surface area contributed by atoms with Crippen LogP contribution in [0.4, 0.5) is 0 Å². The molecule has 1 heterocycles. The largest absolute Gasteiger partial charge is 0.468 e. The maximum atomic E-state index is 12.7. The second kappa shape index (κ2) is 10.8. The van der Waals surface area contributed by atoms with Crippen molar-refractivity contribution in [2.45, 2.75) is 58.7 Å². The van der Waals surface area contributed by atoms with E-state index in [0.29, 0.717) is 19.4 Å². The van der Waals surface area contributed by atoms with Crippen LogP contribution < -0.4 is 16.1 Å². The number of hydrazine groups is 1. The molecule has 0 aromatic rings. The fraction of sp³-hybridized carbons (Fsp3) is 0.684. The van der Waals surface area contributed by atoms with Crippen LogP contribution in [-0.4, -0.2) is 60.5 Å². The number of esters is 1. The SMILES string of the molecule is C=CC(C)C(=O)N[C@H](C(=O)N[C@@H](C)C(=O)N1CCC[C@@H](C(=O)OC)N1)C(C)C. The molecule has 3 N–H and O–H groups in total. The highest BCUT2D eigenvalue weighted by atomic mass is 16.5. The molecule has 0 radical (unpaired) electrons. The van der Waals surface area contributed by atoms with E-state index in [1.807, 2.05) is 13.8 Å². The number of hydrogen-bond acceptors (Lipinski definition) is 6. The van der Waals surface area contributed by atoms with Crippen molar-refractivity contribution in [3.8, 4) is 0 Å². The molecule has 0 bridgehead atoms. The van der Waals surface area contributed by atoms with Gasteiger partial charge in [-0.05, 0) is 25.7 Å². The molecule has 1 unspecified atom stereocenters. The van der Waals surface area contributed by atoms with E-state index in [9.17, 15) is 19.2 Å². The minimum atomic E-state index is -0.827. The highest BCUT2D eigenvalue weighted by Gasteiger charge is 2.33. The van der Waals surface area contributed by atoms with Crippen LogP contribution in [0.1, 0.15) is 40.5 Å². The van der Waals surface area contributed by atoms with Crippen LogP contribution in [0.15, 0.2) is 12.7 Å². The van der Waals surface area contributed by atoms with E-state index in [1.54, 1.807) is 13.8 Å². The molecule has 1 rings (SSSR count). The highest BCUT2D eigenvalue weighted by molar-refractivity contribution is 5.92. The van der Waals surface area contributed by atoms with Gasteiger partial charge in [-0.1, -0.05) is 26.8 Å². The molecule has 0 aliphatic carbocycles. The summed E-state index contributed by atoms with van der Waals surface area (Å²) in [6, 6.07) is -2.19. The summed E-state index contributed by atoms with van der Waals surface area (Å²) in [5.41, 5.74) is 2.84. The molecule has 3 amide bonds. The van der Waals surface area contributed by atoms with E-state index in [0.717, 1.165) is 0 Å². The number of rotatable bonds is 8. The van der Waals surface area contributed by atoms with Gasteiger partial charge in [-0.15, -0.1) is 6.58 Å². The first kappa shape index (κ1) is 23.6. The van der Waals surface area contributed by atoms with Crippen molar-refractivity contribution in [3.05, 3.63) is 12.7 Å². The van der Waals surface area contributed by atoms with Gasteiger partial charge in [-0.3, -0.25) is 24.2 Å². The van der Waals surface area contributed by atoms with Gasteiger partial charge < -0.3 is 15.4 Å². The number of carbonyl (C=O) groups is 4. The maximum absolute atomic E-state index is 12.7. The van der Waals surface area contributed by atoms with Gasteiger partial charge in [0.05, 0.1) is 13.0 Å². The average Bonchev–Trinajstić information content (AvgIpc) is 2.69. The Morgan fingerprint density at radius 2 is 1.79 bits per heavy atom. The summed E-state index contributed by atoms with van der Waals surface area (Å²) in [4.78, 5) is 49.1. The quantitative estimate of drug-likeness (QED) is 0.396. The molecule has 1 saturated heterocycles. The van der Waals surface area contributed by atoms with E-state index in [1.165, 1.54) is 18.2 Å². The number of nitrogens with one attached hydrogen (secondary N) is 3. The first-order valence-electron chi connectivity index (χ1n) is 9.51. The van der Waals surface area contributed by atoms with E-state index in [2.05, 4.69) is 22.6 Å². The molecule has 1 aliphatic rings. The third-order valence-electron chi connectivity index (χ3n) is 4.68. The fourth-order valence-electron chi connectivity index (χ4n) is 2.78. The molecule has 9 nitrogen and oxygen atoms in total. The molecule has 0 spiro atoms. The Balaban J connectivity index is 2.72. The molecule has 9 heteroatoms. The van der Waals surface area contributed by atoms with Crippen LogP contribution in [0.3, 0.4) is 0 Å². The van der Waals surface area contributed by atoms with Crippen LogP contribution in [0, 0.1) is 11.8 Å². The third-order valence-corrected chi connectivity index (χ3v) is 4.68. The second-order valence-electron chi connectivity index (χ2n) is 7.32. The number of ether oxygens (including phenoxy) is 1. The summed E-state index contributed by atoms with van der Waals surface area (Å²) < 4.78 is 4.71. The Hall–Kier alpha value is -2.42. The van der Waals surface area contributed by atoms with Crippen LogP contribution in [0.2, 0.25) is 0 Å². The van der Waals surface area contributed by atoms with Crippen LogP contribution in [0.5, 0.6) is 0 Å².